The molecule has 0 unspecified atom stereocenters. The van der Waals surface area contributed by atoms with Crippen LogP contribution in [0.1, 0.15) is 18.9 Å². The highest BCUT2D eigenvalue weighted by Gasteiger charge is 2.18. The molecule has 1 rings (SSSR count). The maximum Gasteiger partial charge on any atom is 0.338 e. The maximum atomic E-state index is 11.9. The second-order valence-corrected chi connectivity index (χ2v) is 4.48. The maximum absolute atomic E-state index is 11.9. The summed E-state index contributed by atoms with van der Waals surface area (Å²) in [6, 6.07) is 4.76. The number of nitrogens with two attached hydrogens (primary N) is 1. The van der Waals surface area contributed by atoms with Crippen molar-refractivity contribution in [2.75, 3.05) is 6.61 Å². The van der Waals surface area contributed by atoms with Crippen molar-refractivity contribution >= 4 is 40.7 Å². The van der Waals surface area contributed by atoms with E-state index in [0.29, 0.717) is 12.0 Å². The molecule has 0 saturated carbocycles. The molecule has 0 aliphatic heterocycles. The quantitative estimate of drug-likeness (QED) is 0.671. The van der Waals surface area contributed by atoms with E-state index in [1.807, 2.05) is 6.92 Å². The number of ether oxygens (including phenoxy) is 1. The number of halogens is 2. The summed E-state index contributed by atoms with van der Waals surface area (Å²) < 4.78 is 4.99. The second-order valence-electron chi connectivity index (χ2n) is 3.70. The zero-order valence-corrected chi connectivity index (χ0v) is 11.8. The monoisotopic (exact) mass is 301 g/mol. The van der Waals surface area contributed by atoms with Gasteiger partial charge in [-0.2, -0.15) is 0 Å². The van der Waals surface area contributed by atoms with Gasteiger partial charge in [-0.1, -0.05) is 42.3 Å². The Hall–Kier alpha value is -1.52. The van der Waals surface area contributed by atoms with Crippen LogP contribution in [-0.4, -0.2) is 18.5 Å². The van der Waals surface area contributed by atoms with E-state index in [-0.39, 0.29) is 22.2 Å². The van der Waals surface area contributed by atoms with E-state index < -0.39 is 11.9 Å². The Bertz CT molecular complexity index is 527. The van der Waals surface area contributed by atoms with E-state index in [1.165, 1.54) is 0 Å². The fraction of sp³-hybridized carbons (Fsp3) is 0.231. The van der Waals surface area contributed by atoms with Gasteiger partial charge in [0.25, 0.3) is 0 Å². The van der Waals surface area contributed by atoms with Crippen molar-refractivity contribution in [1.29, 1.82) is 0 Å². The number of rotatable bonds is 5. The lowest BCUT2D eigenvalue weighted by Gasteiger charge is -2.10. The molecule has 0 saturated heterocycles. The van der Waals surface area contributed by atoms with Crippen molar-refractivity contribution in [3.05, 3.63) is 39.9 Å². The number of carbonyl (C=O) groups is 2. The van der Waals surface area contributed by atoms with Crippen LogP contribution in [0.5, 0.6) is 0 Å². The van der Waals surface area contributed by atoms with Crippen molar-refractivity contribution < 1.29 is 14.3 Å². The normalized spacial score (nSPS) is 11.2. The van der Waals surface area contributed by atoms with Gasteiger partial charge in [-0.05, 0) is 12.5 Å². The van der Waals surface area contributed by atoms with Gasteiger partial charge < -0.3 is 10.5 Å². The molecule has 102 valence electrons. The molecule has 0 fully saturated rings. The average Bonchev–Trinajstić information content (AvgIpc) is 2.36. The van der Waals surface area contributed by atoms with Crippen LogP contribution in [0.25, 0.3) is 5.57 Å². The first kappa shape index (κ1) is 15.5. The van der Waals surface area contributed by atoms with E-state index in [4.69, 9.17) is 33.7 Å². The molecule has 0 aromatic heterocycles. The van der Waals surface area contributed by atoms with Crippen molar-refractivity contribution in [3.8, 4) is 0 Å². The molecule has 0 atom stereocenters. The molecule has 0 heterocycles. The average molecular weight is 302 g/mol. The minimum absolute atomic E-state index is 0.00606. The molecule has 2 N–H and O–H groups in total. The summed E-state index contributed by atoms with van der Waals surface area (Å²) in [7, 11) is 0. The van der Waals surface area contributed by atoms with Crippen molar-refractivity contribution in [2.24, 2.45) is 5.73 Å². The highest BCUT2D eigenvalue weighted by molar-refractivity contribution is 6.44. The molecule has 1 amide bonds. The molecular weight excluding hydrogens is 289 g/mol. The SMILES string of the molecule is CCCOC(=O)C(=CC(N)=O)c1cccc(Cl)c1Cl. The first-order valence-corrected chi connectivity index (χ1v) is 6.35. The summed E-state index contributed by atoms with van der Waals surface area (Å²) in [5.41, 5.74) is 5.39. The smallest absolute Gasteiger partial charge is 0.338 e. The molecule has 0 spiro atoms. The van der Waals surface area contributed by atoms with Gasteiger partial charge in [0.2, 0.25) is 5.91 Å². The molecule has 0 bridgehead atoms. The Balaban J connectivity index is 3.21. The summed E-state index contributed by atoms with van der Waals surface area (Å²) >= 11 is 11.9. The lowest BCUT2D eigenvalue weighted by molar-refractivity contribution is -0.136. The van der Waals surface area contributed by atoms with E-state index in [2.05, 4.69) is 0 Å². The van der Waals surface area contributed by atoms with Crippen LogP contribution in [0.2, 0.25) is 10.0 Å². The number of benzene rings is 1. The van der Waals surface area contributed by atoms with Gasteiger partial charge in [-0.25, -0.2) is 4.79 Å². The fourth-order valence-electron chi connectivity index (χ4n) is 1.37. The lowest BCUT2D eigenvalue weighted by Crippen LogP contribution is -2.13. The Labute approximate surface area is 121 Å². The van der Waals surface area contributed by atoms with Gasteiger partial charge in [-0.15, -0.1) is 0 Å². The van der Waals surface area contributed by atoms with Gasteiger partial charge in [0, 0.05) is 11.6 Å². The van der Waals surface area contributed by atoms with Crippen molar-refractivity contribution in [2.45, 2.75) is 13.3 Å². The number of hydrogen-bond donors (Lipinski definition) is 1. The second kappa shape index (κ2) is 7.16. The number of carbonyl (C=O) groups excluding carboxylic acids is 2. The third-order valence-corrected chi connectivity index (χ3v) is 3.00. The molecule has 1 aromatic carbocycles. The number of primary amides is 1. The Morgan fingerprint density at radius 1 is 1.37 bits per heavy atom. The Morgan fingerprint density at radius 2 is 2.05 bits per heavy atom. The Morgan fingerprint density at radius 3 is 2.63 bits per heavy atom. The fourth-order valence-corrected chi connectivity index (χ4v) is 1.78. The summed E-state index contributed by atoms with van der Waals surface area (Å²) in [6.07, 6.45) is 1.65. The molecule has 19 heavy (non-hydrogen) atoms. The molecule has 0 radical (unpaired) electrons. The first-order chi connectivity index (χ1) is 8.97. The molecular formula is C13H13Cl2NO3. The number of esters is 1. The summed E-state index contributed by atoms with van der Waals surface area (Å²) in [5.74, 6) is -1.43. The summed E-state index contributed by atoms with van der Waals surface area (Å²) in [4.78, 5) is 22.9. The van der Waals surface area contributed by atoms with E-state index in [0.717, 1.165) is 6.08 Å². The predicted octanol–water partition coefficient (Wildman–Crippen LogP) is 2.82. The van der Waals surface area contributed by atoms with Gasteiger partial charge in [0.1, 0.15) is 0 Å². The summed E-state index contributed by atoms with van der Waals surface area (Å²) in [6.45, 7) is 2.10. The molecule has 0 aliphatic rings. The zero-order chi connectivity index (χ0) is 14.4. The highest BCUT2D eigenvalue weighted by atomic mass is 35.5. The van der Waals surface area contributed by atoms with Gasteiger partial charge >= 0.3 is 5.97 Å². The van der Waals surface area contributed by atoms with Crippen molar-refractivity contribution in [3.63, 3.8) is 0 Å². The lowest BCUT2D eigenvalue weighted by atomic mass is 10.1. The minimum atomic E-state index is -0.764. The van der Waals surface area contributed by atoms with E-state index in [9.17, 15) is 9.59 Å². The van der Waals surface area contributed by atoms with Crippen LogP contribution in [0, 0.1) is 0 Å². The predicted molar refractivity (Wildman–Crippen MR) is 74.9 cm³/mol. The molecule has 0 aliphatic carbocycles. The van der Waals surface area contributed by atoms with Gasteiger partial charge in [0.15, 0.2) is 0 Å². The van der Waals surface area contributed by atoms with Crippen LogP contribution in [-0.2, 0) is 14.3 Å². The highest BCUT2D eigenvalue weighted by Crippen LogP contribution is 2.31. The Kier molecular flexibility index (Phi) is 5.86. The van der Waals surface area contributed by atoms with Crippen LogP contribution in [0.4, 0.5) is 0 Å². The molecule has 1 aromatic rings. The topological polar surface area (TPSA) is 69.4 Å². The van der Waals surface area contributed by atoms with Crippen LogP contribution in [0.15, 0.2) is 24.3 Å². The third kappa shape index (κ3) is 4.26. The van der Waals surface area contributed by atoms with Gasteiger partial charge in [-0.3, -0.25) is 4.79 Å². The minimum Gasteiger partial charge on any atom is -0.462 e. The van der Waals surface area contributed by atoms with E-state index in [1.54, 1.807) is 18.2 Å². The van der Waals surface area contributed by atoms with Crippen LogP contribution >= 0.6 is 23.2 Å². The largest absolute Gasteiger partial charge is 0.462 e. The van der Waals surface area contributed by atoms with Crippen LogP contribution in [0.3, 0.4) is 0 Å². The zero-order valence-electron chi connectivity index (χ0n) is 10.3. The third-order valence-electron chi connectivity index (χ3n) is 2.19. The first-order valence-electron chi connectivity index (χ1n) is 5.60. The van der Waals surface area contributed by atoms with Crippen molar-refractivity contribution in [1.82, 2.24) is 0 Å². The summed E-state index contributed by atoms with van der Waals surface area (Å²) in [5, 5.41) is 0.447. The standard InChI is InChI=1S/C13H13Cl2NO3/c1-2-6-19-13(18)9(7-11(16)17)8-4-3-5-10(14)12(8)15/h3-5,7H,2,6H2,1H3,(H2,16,17). The van der Waals surface area contributed by atoms with Gasteiger partial charge in [0.05, 0.1) is 22.2 Å². The molecule has 4 nitrogen and oxygen atoms in total. The van der Waals surface area contributed by atoms with E-state index >= 15 is 0 Å². The number of hydrogen-bond acceptors (Lipinski definition) is 3. The molecule has 6 heteroatoms. The van der Waals surface area contributed by atoms with Crippen LogP contribution < -0.4 is 5.73 Å². The number of amides is 1.